The number of hydrogen-bond acceptors (Lipinski definition) is 14. The molecule has 4 heterocycles. The molecule has 0 spiro atoms. The van der Waals surface area contributed by atoms with Crippen molar-refractivity contribution in [3.8, 4) is 11.4 Å². The Hall–Kier alpha value is -7.59. The van der Waals surface area contributed by atoms with Crippen molar-refractivity contribution in [2.75, 3.05) is 26.2 Å². The van der Waals surface area contributed by atoms with E-state index in [2.05, 4.69) is 21.3 Å². The van der Waals surface area contributed by atoms with E-state index < -0.39 is 114 Å². The van der Waals surface area contributed by atoms with Gasteiger partial charge in [-0.15, -0.1) is 0 Å². The molecule has 0 bridgehead atoms. The van der Waals surface area contributed by atoms with Crippen molar-refractivity contribution in [1.29, 1.82) is 0 Å². The molecule has 0 saturated heterocycles. The molecule has 6 amide bonds. The first kappa shape index (κ1) is 52.2. The quantitative estimate of drug-likeness (QED) is 0.0584. The van der Waals surface area contributed by atoms with E-state index in [9.17, 15) is 48.3 Å². The molecule has 9 N–H and O–H groups in total. The van der Waals surface area contributed by atoms with Crippen LogP contribution >= 0.6 is 0 Å². The average Bonchev–Trinajstić information content (AvgIpc) is 3.71. The maximum atomic E-state index is 15.8. The molecule has 3 aliphatic rings. The number of hydrogen-bond donors (Lipinski definition) is 7. The number of fused-ring (bicyclic) bond motifs is 5. The lowest BCUT2D eigenvalue weighted by Gasteiger charge is -2.41. The number of carbonyl (C=O) groups excluding carboxylic acids is 8. The van der Waals surface area contributed by atoms with Gasteiger partial charge in [-0.05, 0) is 81.7 Å². The molecule has 0 radical (unpaired) electrons. The van der Waals surface area contributed by atoms with Crippen LogP contribution in [0.3, 0.4) is 0 Å². The molecule has 0 saturated carbocycles. The number of amides is 6. The van der Waals surface area contributed by atoms with E-state index in [0.29, 0.717) is 33.2 Å². The monoisotopic (exact) mass is 995 g/mol. The zero-order chi connectivity index (χ0) is 52.4. The fraction of sp³-hybridized carbons (Fsp3) is 0.440. The number of rotatable bonds is 18. The summed E-state index contributed by atoms with van der Waals surface area (Å²) < 4.78 is 28.0. The number of aliphatic hydroxyl groups is 1. The van der Waals surface area contributed by atoms with Crippen LogP contribution in [0.2, 0.25) is 0 Å². The molecule has 22 heteroatoms. The third kappa shape index (κ3) is 10.7. The largest absolute Gasteiger partial charge is 0.460 e. The van der Waals surface area contributed by atoms with Gasteiger partial charge in [-0.3, -0.25) is 38.4 Å². The number of carbonyl (C=O) groups is 8. The topological polar surface area (TPSA) is 314 Å². The van der Waals surface area contributed by atoms with Crippen LogP contribution in [0.1, 0.15) is 98.4 Å². The number of pyridine rings is 2. The molecule has 7 rings (SSSR count). The SMILES string of the molecule is CC[C@@]1(O)C(=O)OCc2c1cc1n(c2=O)Cc2c-1nc1cc(F)c(C)c3c1c2[C@@H](N(C(=O)CNC(=O)CNC(=O)[C@H](Cc1ccccc1)NC(=O)CNC(=O)CN)[C@@H](CCC(=O)OC(C)(C)C)C(N)=O)CC3. The summed E-state index contributed by atoms with van der Waals surface area (Å²) in [6, 6.07) is 7.63. The lowest BCUT2D eigenvalue weighted by Crippen LogP contribution is -2.54. The molecule has 0 fully saturated rings. The summed E-state index contributed by atoms with van der Waals surface area (Å²) >= 11 is 0. The van der Waals surface area contributed by atoms with Crippen LogP contribution in [0.15, 0.2) is 47.3 Å². The van der Waals surface area contributed by atoms with Gasteiger partial charge in [0.25, 0.3) is 5.56 Å². The highest BCUT2D eigenvalue weighted by Gasteiger charge is 2.47. The van der Waals surface area contributed by atoms with E-state index in [1.54, 1.807) is 65.0 Å². The molecule has 2 aromatic carbocycles. The van der Waals surface area contributed by atoms with E-state index in [1.165, 1.54) is 21.6 Å². The minimum atomic E-state index is -2.15. The first-order valence-corrected chi connectivity index (χ1v) is 23.5. The van der Waals surface area contributed by atoms with Crippen LogP contribution < -0.4 is 38.3 Å². The first-order valence-electron chi connectivity index (χ1n) is 23.5. The van der Waals surface area contributed by atoms with Crippen molar-refractivity contribution in [2.24, 2.45) is 11.5 Å². The molecule has 72 heavy (non-hydrogen) atoms. The Bertz CT molecular complexity index is 2960. The Kier molecular flexibility index (Phi) is 15.2. The van der Waals surface area contributed by atoms with Crippen LogP contribution in [-0.4, -0.2) is 111 Å². The number of halogens is 1. The molecule has 2 aromatic heterocycles. The number of nitrogens with zero attached hydrogens (tertiary/aromatic N) is 3. The second-order valence-electron chi connectivity index (χ2n) is 19.0. The predicted octanol–water partition coefficient (Wildman–Crippen LogP) is 0.354. The summed E-state index contributed by atoms with van der Waals surface area (Å²) in [4.78, 5) is 126. The van der Waals surface area contributed by atoms with Crippen molar-refractivity contribution in [3.63, 3.8) is 0 Å². The fourth-order valence-corrected chi connectivity index (χ4v) is 9.61. The van der Waals surface area contributed by atoms with E-state index in [0.717, 1.165) is 0 Å². The standard InChI is InChI=1S/C50H58FN9O12/c1-6-50(70)30-17-36-44-28(23-59(36)47(68)29(30)24-71-48(50)69)43-34(13-12-27-25(2)31(51)18-32(58-44)42(27)43)60(35(45(53)66)14-15-41(65)72-49(3,4)5)40(64)22-55-38(62)20-56-46(67)33(16-26-10-8-7-9-11-26)57-39(63)21-54-37(61)19-52/h7-11,17-18,33-35,70H,6,12-16,19-24,52H2,1-5H3,(H2,53,66)(H,54,61)(H,55,62)(H,56,67)(H,57,63)/t33-,34-,35-,50-/m0/s1. The first-order chi connectivity index (χ1) is 34.1. The van der Waals surface area contributed by atoms with Crippen LogP contribution in [0.4, 0.5) is 4.39 Å². The zero-order valence-electron chi connectivity index (χ0n) is 40.6. The highest BCUT2D eigenvalue weighted by Crippen LogP contribution is 2.48. The molecule has 2 aliphatic heterocycles. The average molecular weight is 996 g/mol. The molecular weight excluding hydrogens is 938 g/mol. The Morgan fingerprint density at radius 3 is 2.35 bits per heavy atom. The number of ether oxygens (including phenoxy) is 2. The summed E-state index contributed by atoms with van der Waals surface area (Å²) in [6.07, 6.45) is -0.554. The number of benzene rings is 2. The predicted molar refractivity (Wildman–Crippen MR) is 255 cm³/mol. The molecule has 21 nitrogen and oxygen atoms in total. The third-order valence-corrected chi connectivity index (χ3v) is 13.1. The van der Waals surface area contributed by atoms with E-state index >= 15 is 4.39 Å². The number of primary amides is 1. The highest BCUT2D eigenvalue weighted by molar-refractivity contribution is 5.97. The zero-order valence-corrected chi connectivity index (χ0v) is 40.6. The fourth-order valence-electron chi connectivity index (χ4n) is 9.61. The second kappa shape index (κ2) is 21.0. The van der Waals surface area contributed by atoms with Crippen LogP contribution in [-0.2, 0) is 79.4 Å². The van der Waals surface area contributed by atoms with Crippen molar-refractivity contribution >= 4 is 58.3 Å². The summed E-state index contributed by atoms with van der Waals surface area (Å²) in [5, 5.41) is 21.8. The van der Waals surface area contributed by atoms with E-state index in [-0.39, 0.29) is 79.6 Å². The van der Waals surface area contributed by atoms with Gasteiger partial charge in [0.2, 0.25) is 35.4 Å². The summed E-state index contributed by atoms with van der Waals surface area (Å²) in [7, 11) is 0. The number of aromatic nitrogens is 2. The van der Waals surface area contributed by atoms with Crippen molar-refractivity contribution < 1.29 is 57.3 Å². The maximum Gasteiger partial charge on any atom is 0.343 e. The Morgan fingerprint density at radius 2 is 1.68 bits per heavy atom. The van der Waals surface area contributed by atoms with E-state index in [4.69, 9.17) is 25.9 Å². The van der Waals surface area contributed by atoms with Gasteiger partial charge >= 0.3 is 11.9 Å². The summed E-state index contributed by atoms with van der Waals surface area (Å²) in [5.41, 5.74) is 10.8. The Morgan fingerprint density at radius 1 is 0.986 bits per heavy atom. The number of aryl methyl sites for hydroxylation is 1. The summed E-state index contributed by atoms with van der Waals surface area (Å²) in [6.45, 7) is 5.36. The van der Waals surface area contributed by atoms with Gasteiger partial charge in [-0.25, -0.2) is 14.2 Å². The number of nitrogens with two attached hydrogens (primary N) is 2. The Labute approximate surface area is 412 Å². The normalized spacial score (nSPS) is 17.3. The number of esters is 2. The van der Waals surface area contributed by atoms with Crippen LogP contribution in [0.5, 0.6) is 0 Å². The van der Waals surface area contributed by atoms with Gasteiger partial charge in [0.1, 0.15) is 30.1 Å². The molecule has 4 atom stereocenters. The summed E-state index contributed by atoms with van der Waals surface area (Å²) in [5.74, 6) is -6.94. The van der Waals surface area contributed by atoms with Crippen molar-refractivity contribution in [2.45, 2.75) is 116 Å². The van der Waals surface area contributed by atoms with Gasteiger partial charge in [0, 0.05) is 35.4 Å². The van der Waals surface area contributed by atoms with Gasteiger partial charge in [0.05, 0.1) is 61.2 Å². The van der Waals surface area contributed by atoms with Crippen LogP contribution in [0, 0.1) is 12.7 Å². The molecular formula is C50H58FN9O12. The minimum absolute atomic E-state index is 0.00978. The number of cyclic esters (lactones) is 1. The lowest BCUT2D eigenvalue weighted by atomic mass is 9.80. The molecule has 1 aliphatic carbocycles. The molecule has 4 aromatic rings. The highest BCUT2D eigenvalue weighted by atomic mass is 19.1. The van der Waals surface area contributed by atoms with Crippen molar-refractivity contribution in [3.05, 3.63) is 97.6 Å². The Balaban J connectivity index is 1.23. The van der Waals surface area contributed by atoms with E-state index in [1.807, 2.05) is 0 Å². The van der Waals surface area contributed by atoms with Crippen molar-refractivity contribution in [1.82, 2.24) is 35.7 Å². The lowest BCUT2D eigenvalue weighted by molar-refractivity contribution is -0.172. The maximum absolute atomic E-state index is 15.8. The minimum Gasteiger partial charge on any atom is -0.460 e. The second-order valence-corrected chi connectivity index (χ2v) is 19.0. The smallest absolute Gasteiger partial charge is 0.343 e. The molecule has 0 unspecified atom stereocenters. The van der Waals surface area contributed by atoms with Crippen LogP contribution in [0.25, 0.3) is 22.3 Å². The molecule has 382 valence electrons. The van der Waals surface area contributed by atoms with Gasteiger partial charge in [0.15, 0.2) is 5.60 Å². The third-order valence-electron chi connectivity index (χ3n) is 13.1. The van der Waals surface area contributed by atoms with Gasteiger partial charge < -0.3 is 56.8 Å². The van der Waals surface area contributed by atoms with Gasteiger partial charge in [-0.2, -0.15) is 0 Å². The van der Waals surface area contributed by atoms with Gasteiger partial charge in [-0.1, -0.05) is 37.3 Å². The number of nitrogens with one attached hydrogen (secondary N) is 4.